The lowest BCUT2D eigenvalue weighted by atomic mass is 10.2. The van der Waals surface area contributed by atoms with Gasteiger partial charge in [0.15, 0.2) is 5.75 Å². The van der Waals surface area contributed by atoms with Crippen molar-refractivity contribution in [2.24, 2.45) is 0 Å². The number of thioether (sulfide) groups is 1. The molecule has 21 heavy (non-hydrogen) atoms. The van der Waals surface area contributed by atoms with Gasteiger partial charge in [-0.05, 0) is 23.8 Å². The van der Waals surface area contributed by atoms with Crippen LogP contribution in [0.2, 0.25) is 0 Å². The predicted molar refractivity (Wildman–Crippen MR) is 85.3 cm³/mol. The number of halogens is 1. The standard InChI is InChI=1S/C15H14ClNO3S/c16-11-12-6-7-15(14(10-12)17(18)19)20-8-9-21-13-4-2-1-3-5-13/h1-7,10H,8-9,11H2. The van der Waals surface area contributed by atoms with E-state index in [0.29, 0.717) is 12.2 Å². The average molecular weight is 324 g/mol. The summed E-state index contributed by atoms with van der Waals surface area (Å²) in [5, 5.41) is 11.0. The normalized spacial score (nSPS) is 10.3. The number of hydrogen-bond acceptors (Lipinski definition) is 4. The quantitative estimate of drug-likeness (QED) is 0.247. The van der Waals surface area contributed by atoms with Gasteiger partial charge in [-0.15, -0.1) is 23.4 Å². The van der Waals surface area contributed by atoms with E-state index in [4.69, 9.17) is 16.3 Å². The second-order valence-electron chi connectivity index (χ2n) is 4.20. The Hall–Kier alpha value is -1.72. The molecule has 6 heteroatoms. The van der Waals surface area contributed by atoms with Crippen molar-refractivity contribution in [1.29, 1.82) is 0 Å². The van der Waals surface area contributed by atoms with Gasteiger partial charge >= 0.3 is 5.69 Å². The van der Waals surface area contributed by atoms with Crippen LogP contribution in [-0.2, 0) is 5.88 Å². The van der Waals surface area contributed by atoms with Gasteiger partial charge in [0, 0.05) is 22.6 Å². The van der Waals surface area contributed by atoms with Crippen molar-refractivity contribution in [3.8, 4) is 5.75 Å². The van der Waals surface area contributed by atoms with Crippen molar-refractivity contribution >= 4 is 29.1 Å². The maximum atomic E-state index is 11.0. The molecule has 0 heterocycles. The molecule has 0 saturated carbocycles. The van der Waals surface area contributed by atoms with Crippen molar-refractivity contribution in [3.63, 3.8) is 0 Å². The van der Waals surface area contributed by atoms with E-state index in [1.807, 2.05) is 30.3 Å². The fraction of sp³-hybridized carbons (Fsp3) is 0.200. The van der Waals surface area contributed by atoms with E-state index in [9.17, 15) is 10.1 Å². The van der Waals surface area contributed by atoms with Gasteiger partial charge in [0.05, 0.1) is 11.5 Å². The van der Waals surface area contributed by atoms with Crippen molar-refractivity contribution in [2.45, 2.75) is 10.8 Å². The maximum absolute atomic E-state index is 11.0. The summed E-state index contributed by atoms with van der Waals surface area (Å²) in [6.07, 6.45) is 0. The summed E-state index contributed by atoms with van der Waals surface area (Å²) in [5.74, 6) is 1.24. The molecule has 110 valence electrons. The molecule has 0 fully saturated rings. The van der Waals surface area contributed by atoms with Crippen LogP contribution in [0.5, 0.6) is 5.75 Å². The second kappa shape index (κ2) is 7.90. The van der Waals surface area contributed by atoms with E-state index in [0.717, 1.165) is 10.6 Å². The molecule has 0 aromatic heterocycles. The minimum atomic E-state index is -0.449. The van der Waals surface area contributed by atoms with E-state index >= 15 is 0 Å². The van der Waals surface area contributed by atoms with Crippen LogP contribution in [0.25, 0.3) is 0 Å². The highest BCUT2D eigenvalue weighted by Crippen LogP contribution is 2.29. The Morgan fingerprint density at radius 2 is 1.95 bits per heavy atom. The number of alkyl halides is 1. The third-order valence-electron chi connectivity index (χ3n) is 2.73. The van der Waals surface area contributed by atoms with Gasteiger partial charge < -0.3 is 4.74 Å². The molecule has 0 aliphatic heterocycles. The van der Waals surface area contributed by atoms with Crippen LogP contribution in [0.3, 0.4) is 0 Å². The minimum absolute atomic E-state index is 0.0436. The first-order valence-corrected chi connectivity index (χ1v) is 7.86. The number of rotatable bonds is 7. The summed E-state index contributed by atoms with van der Waals surface area (Å²) in [5.41, 5.74) is 0.659. The summed E-state index contributed by atoms with van der Waals surface area (Å²) in [4.78, 5) is 11.7. The van der Waals surface area contributed by atoms with E-state index in [1.54, 1.807) is 23.9 Å². The van der Waals surface area contributed by atoms with Crippen LogP contribution in [0.15, 0.2) is 53.4 Å². The monoisotopic (exact) mass is 323 g/mol. The number of nitro groups is 1. The van der Waals surface area contributed by atoms with E-state index < -0.39 is 4.92 Å². The molecule has 0 bridgehead atoms. The van der Waals surface area contributed by atoms with Crippen molar-refractivity contribution in [3.05, 3.63) is 64.2 Å². The summed E-state index contributed by atoms with van der Waals surface area (Å²) in [7, 11) is 0. The Morgan fingerprint density at radius 3 is 2.62 bits per heavy atom. The van der Waals surface area contributed by atoms with Gasteiger partial charge in [0.1, 0.15) is 0 Å². The molecule has 0 saturated heterocycles. The summed E-state index contributed by atoms with van der Waals surface area (Å²) in [6, 6.07) is 14.7. The highest BCUT2D eigenvalue weighted by atomic mass is 35.5. The molecule has 0 amide bonds. The fourth-order valence-electron chi connectivity index (χ4n) is 1.74. The first-order chi connectivity index (χ1) is 10.2. The fourth-order valence-corrected chi connectivity index (χ4v) is 2.66. The van der Waals surface area contributed by atoms with E-state index in [-0.39, 0.29) is 17.3 Å². The van der Waals surface area contributed by atoms with Crippen molar-refractivity contribution < 1.29 is 9.66 Å². The molecule has 0 aliphatic rings. The Balaban J connectivity index is 1.92. The van der Waals surface area contributed by atoms with Crippen LogP contribution in [0.1, 0.15) is 5.56 Å². The Bertz CT molecular complexity index is 607. The molecule has 0 spiro atoms. The predicted octanol–water partition coefficient (Wildman–Crippen LogP) is 4.50. The first kappa shape index (κ1) is 15.7. The Labute approximate surface area is 132 Å². The van der Waals surface area contributed by atoms with Crippen LogP contribution in [-0.4, -0.2) is 17.3 Å². The van der Waals surface area contributed by atoms with Gasteiger partial charge in [-0.2, -0.15) is 0 Å². The maximum Gasteiger partial charge on any atom is 0.311 e. The molecular weight excluding hydrogens is 310 g/mol. The smallest absolute Gasteiger partial charge is 0.311 e. The van der Waals surface area contributed by atoms with Crippen molar-refractivity contribution in [1.82, 2.24) is 0 Å². The lowest BCUT2D eigenvalue weighted by Gasteiger charge is -2.07. The molecule has 0 aliphatic carbocycles. The minimum Gasteiger partial charge on any atom is -0.486 e. The number of ether oxygens (including phenoxy) is 1. The zero-order chi connectivity index (χ0) is 15.1. The van der Waals surface area contributed by atoms with E-state index in [2.05, 4.69) is 0 Å². The lowest BCUT2D eigenvalue weighted by molar-refractivity contribution is -0.385. The third-order valence-corrected chi connectivity index (χ3v) is 4.01. The number of hydrogen-bond donors (Lipinski definition) is 0. The summed E-state index contributed by atoms with van der Waals surface area (Å²) >= 11 is 7.33. The second-order valence-corrected chi connectivity index (χ2v) is 5.64. The molecule has 2 rings (SSSR count). The molecular formula is C15H14ClNO3S. The molecule has 0 atom stereocenters. The van der Waals surface area contributed by atoms with Gasteiger partial charge in [0.25, 0.3) is 0 Å². The summed E-state index contributed by atoms with van der Waals surface area (Å²) in [6.45, 7) is 0.403. The Morgan fingerprint density at radius 1 is 1.19 bits per heavy atom. The molecule has 0 N–H and O–H groups in total. The van der Waals surface area contributed by atoms with Gasteiger partial charge in [-0.25, -0.2) is 0 Å². The highest BCUT2D eigenvalue weighted by Gasteiger charge is 2.15. The largest absolute Gasteiger partial charge is 0.486 e. The molecule has 4 nitrogen and oxygen atoms in total. The molecule has 0 unspecified atom stereocenters. The molecule has 2 aromatic rings. The zero-order valence-electron chi connectivity index (χ0n) is 11.2. The lowest BCUT2D eigenvalue weighted by Crippen LogP contribution is -2.03. The number of nitro benzene ring substituents is 1. The topological polar surface area (TPSA) is 52.4 Å². The first-order valence-electron chi connectivity index (χ1n) is 6.34. The highest BCUT2D eigenvalue weighted by molar-refractivity contribution is 7.99. The van der Waals surface area contributed by atoms with E-state index in [1.165, 1.54) is 6.07 Å². The van der Waals surface area contributed by atoms with Gasteiger partial charge in [-0.3, -0.25) is 10.1 Å². The van der Waals surface area contributed by atoms with Gasteiger partial charge in [0.2, 0.25) is 0 Å². The van der Waals surface area contributed by atoms with Crippen LogP contribution in [0.4, 0.5) is 5.69 Å². The number of benzene rings is 2. The van der Waals surface area contributed by atoms with Crippen LogP contribution < -0.4 is 4.74 Å². The SMILES string of the molecule is O=[N+]([O-])c1cc(CCl)ccc1OCCSc1ccccc1. The average Bonchev–Trinajstić information content (AvgIpc) is 2.52. The van der Waals surface area contributed by atoms with Crippen LogP contribution in [0, 0.1) is 10.1 Å². The van der Waals surface area contributed by atoms with Crippen molar-refractivity contribution in [2.75, 3.05) is 12.4 Å². The number of nitrogens with zero attached hydrogens (tertiary/aromatic N) is 1. The van der Waals surface area contributed by atoms with Crippen LogP contribution >= 0.6 is 23.4 Å². The molecule has 0 radical (unpaired) electrons. The summed E-state index contributed by atoms with van der Waals surface area (Å²) < 4.78 is 5.51. The zero-order valence-corrected chi connectivity index (χ0v) is 12.8. The Kier molecular flexibility index (Phi) is 5.90. The third kappa shape index (κ3) is 4.65. The molecule has 2 aromatic carbocycles. The van der Waals surface area contributed by atoms with Gasteiger partial charge in [-0.1, -0.05) is 24.3 Å².